The van der Waals surface area contributed by atoms with Crippen LogP contribution < -0.4 is 4.74 Å². The Bertz CT molecular complexity index is 1020. The molecule has 3 rings (SSSR count). The summed E-state index contributed by atoms with van der Waals surface area (Å²) in [6, 6.07) is 9.98. The number of rotatable bonds is 8. The Hall–Kier alpha value is -3.21. The highest BCUT2D eigenvalue weighted by atomic mass is 32.2. The van der Waals surface area contributed by atoms with E-state index in [2.05, 4.69) is 20.0 Å². The van der Waals surface area contributed by atoms with Crippen molar-refractivity contribution < 1.29 is 27.5 Å². The topological polar surface area (TPSA) is 91.7 Å². The molecule has 3 aromatic rings. The van der Waals surface area contributed by atoms with Crippen LogP contribution in [0.25, 0.3) is 0 Å². The number of esters is 1. The van der Waals surface area contributed by atoms with Gasteiger partial charge in [0.2, 0.25) is 16.7 Å². The van der Waals surface area contributed by atoms with Crippen LogP contribution in [0.4, 0.5) is 8.78 Å². The average molecular weight is 422 g/mol. The summed E-state index contributed by atoms with van der Waals surface area (Å²) in [7, 11) is 1.26. The van der Waals surface area contributed by atoms with E-state index in [1.807, 2.05) is 0 Å². The van der Waals surface area contributed by atoms with Gasteiger partial charge in [-0.3, -0.25) is 0 Å². The molecule has 0 bridgehead atoms. The van der Waals surface area contributed by atoms with Gasteiger partial charge >= 0.3 is 5.97 Å². The van der Waals surface area contributed by atoms with E-state index < -0.39 is 18.2 Å². The van der Waals surface area contributed by atoms with Crippen LogP contribution in [0.1, 0.15) is 34.1 Å². The quantitative estimate of drug-likeness (QED) is 0.310. The highest BCUT2D eigenvalue weighted by Crippen LogP contribution is 2.22. The van der Waals surface area contributed by atoms with Crippen molar-refractivity contribution in [3.8, 4) is 5.75 Å². The van der Waals surface area contributed by atoms with Crippen LogP contribution in [-0.4, -0.2) is 40.4 Å². The fourth-order valence-electron chi connectivity index (χ4n) is 2.28. The number of hydrogen-bond donors (Lipinski definition) is 0. The number of halogens is 2. The van der Waals surface area contributed by atoms with Crippen molar-refractivity contribution in [1.82, 2.24) is 14.9 Å². The zero-order chi connectivity index (χ0) is 20.8. The summed E-state index contributed by atoms with van der Waals surface area (Å²) in [5.41, 5.74) is 0.623. The molecule has 0 aliphatic rings. The lowest BCUT2D eigenvalue weighted by Crippen LogP contribution is -2.01. The normalized spacial score (nSPS) is 11.3. The number of ether oxygens (including phenoxy) is 2. The number of thioether (sulfide) groups is 1. The standard InChI is InChI=1S/C18H16F2N4O4S/c1-26-17(25)14-7-6-13(28-14)10-27-12-5-3-4-11(8-12)9-21-24-16(15(19)20)22-23-18(24)29-2/h3-9,15H,10H2,1-2H3/b21-9-. The molecule has 2 heterocycles. The Morgan fingerprint density at radius 1 is 1.34 bits per heavy atom. The monoisotopic (exact) mass is 422 g/mol. The summed E-state index contributed by atoms with van der Waals surface area (Å²) < 4.78 is 42.6. The molecule has 0 aliphatic carbocycles. The van der Waals surface area contributed by atoms with E-state index in [4.69, 9.17) is 9.15 Å². The first-order chi connectivity index (χ1) is 14.0. The number of carbonyl (C=O) groups excluding carboxylic acids is 1. The third kappa shape index (κ3) is 4.99. The lowest BCUT2D eigenvalue weighted by atomic mass is 10.2. The Morgan fingerprint density at radius 2 is 2.17 bits per heavy atom. The summed E-state index contributed by atoms with van der Waals surface area (Å²) in [4.78, 5) is 11.4. The molecule has 0 atom stereocenters. The number of alkyl halides is 2. The maximum atomic E-state index is 13.0. The largest absolute Gasteiger partial charge is 0.486 e. The van der Waals surface area contributed by atoms with Gasteiger partial charge in [0.25, 0.3) is 6.43 Å². The smallest absolute Gasteiger partial charge is 0.373 e. The maximum Gasteiger partial charge on any atom is 0.373 e. The first-order valence-electron chi connectivity index (χ1n) is 8.23. The fraction of sp³-hybridized carbons (Fsp3) is 0.222. The number of benzene rings is 1. The van der Waals surface area contributed by atoms with E-state index in [1.165, 1.54) is 19.4 Å². The van der Waals surface area contributed by atoms with Crippen molar-refractivity contribution in [3.63, 3.8) is 0 Å². The van der Waals surface area contributed by atoms with Crippen molar-refractivity contribution in [2.75, 3.05) is 13.4 Å². The SMILES string of the molecule is COC(=O)c1ccc(COc2cccc(/C=N\n3c(SC)nnc3C(F)F)c2)o1. The number of hydrogen-bond acceptors (Lipinski definition) is 8. The number of carbonyl (C=O) groups is 1. The molecule has 8 nitrogen and oxygen atoms in total. The van der Waals surface area contributed by atoms with Crippen molar-refractivity contribution in [1.29, 1.82) is 0 Å². The second-order valence-corrected chi connectivity index (χ2v) is 6.29. The fourth-order valence-corrected chi connectivity index (χ4v) is 2.71. The van der Waals surface area contributed by atoms with Gasteiger partial charge in [0.05, 0.1) is 13.3 Å². The van der Waals surface area contributed by atoms with Crippen LogP contribution in [0.2, 0.25) is 0 Å². The summed E-state index contributed by atoms with van der Waals surface area (Å²) in [6.45, 7) is 0.0924. The summed E-state index contributed by atoms with van der Waals surface area (Å²) in [5, 5.41) is 11.5. The number of methoxy groups -OCH3 is 1. The van der Waals surface area contributed by atoms with Gasteiger partial charge in [0.1, 0.15) is 18.1 Å². The zero-order valence-corrected chi connectivity index (χ0v) is 16.2. The number of furan rings is 1. The molecule has 2 aromatic heterocycles. The van der Waals surface area contributed by atoms with Gasteiger partial charge in [-0.2, -0.15) is 9.78 Å². The molecule has 152 valence electrons. The van der Waals surface area contributed by atoms with Gasteiger partial charge in [-0.25, -0.2) is 13.6 Å². The molecule has 0 saturated carbocycles. The van der Waals surface area contributed by atoms with Crippen molar-refractivity contribution >= 4 is 23.9 Å². The Labute approximate surface area is 168 Å². The first-order valence-corrected chi connectivity index (χ1v) is 9.46. The minimum absolute atomic E-state index is 0.0837. The molecule has 0 amide bonds. The predicted octanol–water partition coefficient (Wildman–Crippen LogP) is 3.78. The van der Waals surface area contributed by atoms with Gasteiger partial charge < -0.3 is 13.9 Å². The molecule has 1 aromatic carbocycles. The number of aromatic nitrogens is 3. The van der Waals surface area contributed by atoms with E-state index >= 15 is 0 Å². The lowest BCUT2D eigenvalue weighted by molar-refractivity contribution is 0.0561. The van der Waals surface area contributed by atoms with Crippen molar-refractivity contribution in [2.24, 2.45) is 5.10 Å². The average Bonchev–Trinajstić information content (AvgIpc) is 3.37. The first kappa shape index (κ1) is 20.5. The second kappa shape index (κ2) is 9.32. The summed E-state index contributed by atoms with van der Waals surface area (Å²) in [6.07, 6.45) is 0.308. The van der Waals surface area contributed by atoms with Crippen LogP contribution in [0.15, 0.2) is 51.1 Å². The van der Waals surface area contributed by atoms with E-state index in [0.717, 1.165) is 16.4 Å². The highest BCUT2D eigenvalue weighted by molar-refractivity contribution is 7.98. The van der Waals surface area contributed by atoms with Crippen LogP contribution in [0.3, 0.4) is 0 Å². The van der Waals surface area contributed by atoms with Gasteiger partial charge in [-0.15, -0.1) is 10.2 Å². The molecule has 0 fully saturated rings. The Balaban J connectivity index is 1.70. The lowest BCUT2D eigenvalue weighted by Gasteiger charge is -2.05. The van der Waals surface area contributed by atoms with E-state index in [9.17, 15) is 13.6 Å². The molecule has 0 radical (unpaired) electrons. The van der Waals surface area contributed by atoms with Crippen molar-refractivity contribution in [2.45, 2.75) is 18.2 Å². The second-order valence-electron chi connectivity index (χ2n) is 5.52. The Morgan fingerprint density at radius 3 is 2.90 bits per heavy atom. The van der Waals surface area contributed by atoms with Crippen LogP contribution >= 0.6 is 11.8 Å². The third-order valence-electron chi connectivity index (χ3n) is 3.62. The molecule has 0 saturated heterocycles. The zero-order valence-electron chi connectivity index (χ0n) is 15.4. The number of nitrogens with zero attached hydrogens (tertiary/aromatic N) is 4. The molecule has 0 spiro atoms. The third-order valence-corrected chi connectivity index (χ3v) is 4.24. The minimum atomic E-state index is -2.79. The van der Waals surface area contributed by atoms with Crippen LogP contribution in [-0.2, 0) is 11.3 Å². The Kier molecular flexibility index (Phi) is 6.60. The van der Waals surface area contributed by atoms with Gasteiger partial charge in [0.15, 0.2) is 0 Å². The summed E-state index contributed by atoms with van der Waals surface area (Å²) in [5.74, 6) is -0.0677. The molecule has 0 unspecified atom stereocenters. The van der Waals surface area contributed by atoms with E-state index in [-0.39, 0.29) is 17.5 Å². The van der Waals surface area contributed by atoms with Crippen LogP contribution in [0, 0.1) is 0 Å². The predicted molar refractivity (Wildman–Crippen MR) is 101 cm³/mol. The summed E-state index contributed by atoms with van der Waals surface area (Å²) >= 11 is 1.16. The van der Waals surface area contributed by atoms with E-state index in [1.54, 1.807) is 36.6 Å². The molecule has 11 heteroatoms. The van der Waals surface area contributed by atoms with Crippen molar-refractivity contribution in [3.05, 3.63) is 59.3 Å². The molecule has 0 aliphatic heterocycles. The van der Waals surface area contributed by atoms with Gasteiger partial charge in [0, 0.05) is 0 Å². The van der Waals surface area contributed by atoms with Gasteiger partial charge in [-0.1, -0.05) is 23.9 Å². The van der Waals surface area contributed by atoms with Crippen LogP contribution in [0.5, 0.6) is 5.75 Å². The molecule has 0 N–H and O–H groups in total. The highest BCUT2D eigenvalue weighted by Gasteiger charge is 2.19. The molecule has 29 heavy (non-hydrogen) atoms. The molecular formula is C18H16F2N4O4S. The van der Waals surface area contributed by atoms with E-state index in [0.29, 0.717) is 17.1 Å². The maximum absolute atomic E-state index is 13.0. The molecular weight excluding hydrogens is 406 g/mol. The van der Waals surface area contributed by atoms with Gasteiger partial charge in [-0.05, 0) is 36.1 Å². The minimum Gasteiger partial charge on any atom is -0.486 e.